The average molecular weight is 322 g/mol. The van der Waals surface area contributed by atoms with Gasteiger partial charge in [0.2, 0.25) is 0 Å². The lowest BCUT2D eigenvalue weighted by Gasteiger charge is -2.39. The fourth-order valence-electron chi connectivity index (χ4n) is 2.52. The molecule has 0 saturated heterocycles. The molecule has 122 valence electrons. The summed E-state index contributed by atoms with van der Waals surface area (Å²) in [6, 6.07) is 0.635. The number of benzene rings is 1. The second-order valence-corrected chi connectivity index (χ2v) is 4.90. The van der Waals surface area contributed by atoms with E-state index in [0.717, 1.165) is 23.1 Å². The Morgan fingerprint density at radius 1 is 1.50 bits per heavy atom. The van der Waals surface area contributed by atoms with Crippen molar-refractivity contribution in [2.24, 2.45) is 5.73 Å². The van der Waals surface area contributed by atoms with Crippen LogP contribution in [-0.2, 0) is 10.9 Å². The van der Waals surface area contributed by atoms with E-state index in [1.807, 2.05) is 0 Å². The normalized spacial score (nSPS) is 26.6. The van der Waals surface area contributed by atoms with Crippen molar-refractivity contribution in [2.45, 2.75) is 44.8 Å². The first-order chi connectivity index (χ1) is 12.6. The predicted octanol–water partition coefficient (Wildman–Crippen LogP) is 3.85. The highest BCUT2D eigenvalue weighted by atomic mass is 19.4. The van der Waals surface area contributed by atoms with E-state index in [1.165, 1.54) is 0 Å². The molecule has 2 N–H and O–H groups in total. The van der Waals surface area contributed by atoms with E-state index in [4.69, 9.17) is 18.7 Å². The number of ether oxygens (including phenoxy) is 1. The maximum Gasteiger partial charge on any atom is 0.416 e. The van der Waals surface area contributed by atoms with Crippen LogP contribution in [0.1, 0.15) is 51.9 Å². The Balaban J connectivity index is 2.46. The highest BCUT2D eigenvalue weighted by Gasteiger charge is 2.37. The maximum atomic E-state index is 13.0. The number of carbonyl (C=O) groups is 1. The summed E-state index contributed by atoms with van der Waals surface area (Å²) in [6.07, 6.45) is -6.38. The Bertz CT molecular complexity index is 736. The van der Waals surface area contributed by atoms with E-state index < -0.39 is 56.6 Å². The molecule has 1 aliphatic heterocycles. The zero-order chi connectivity index (χ0) is 21.5. The molecule has 2 atom stereocenters. The minimum atomic E-state index is -4.63. The van der Waals surface area contributed by atoms with Crippen molar-refractivity contribution < 1.29 is 30.9 Å². The molecule has 22 heavy (non-hydrogen) atoms. The molecule has 0 unspecified atom stereocenters. The van der Waals surface area contributed by atoms with Crippen LogP contribution in [0.3, 0.4) is 0 Å². The quantitative estimate of drug-likeness (QED) is 0.900. The van der Waals surface area contributed by atoms with Crippen molar-refractivity contribution in [2.75, 3.05) is 11.5 Å². The van der Waals surface area contributed by atoms with Gasteiger partial charge >= 0.3 is 12.3 Å². The van der Waals surface area contributed by atoms with Crippen LogP contribution in [0.25, 0.3) is 0 Å². The van der Waals surface area contributed by atoms with Crippen molar-refractivity contribution in [3.05, 3.63) is 29.3 Å². The van der Waals surface area contributed by atoms with E-state index in [2.05, 4.69) is 0 Å². The van der Waals surface area contributed by atoms with Gasteiger partial charge in [-0.1, -0.05) is 6.85 Å². The number of halogens is 3. The van der Waals surface area contributed by atoms with Gasteiger partial charge in [-0.3, -0.25) is 4.90 Å². The maximum absolute atomic E-state index is 13.0. The Hall–Kier alpha value is -1.76. The van der Waals surface area contributed by atoms with Gasteiger partial charge in [-0.25, -0.2) is 4.79 Å². The molecule has 0 bridgehead atoms. The molecule has 1 aromatic carbocycles. The van der Waals surface area contributed by atoms with Gasteiger partial charge in [-0.05, 0) is 43.5 Å². The van der Waals surface area contributed by atoms with Gasteiger partial charge in [0.15, 0.2) is 0 Å². The third-order valence-electron chi connectivity index (χ3n) is 3.53. The summed E-state index contributed by atoms with van der Waals surface area (Å²) in [5, 5.41) is 0. The second kappa shape index (κ2) is 6.16. The lowest BCUT2D eigenvalue weighted by Crippen LogP contribution is -2.46. The first-order valence-electron chi connectivity index (χ1n) is 9.51. The molecular weight excluding hydrogens is 297 g/mol. The van der Waals surface area contributed by atoms with Gasteiger partial charge in [0.1, 0.15) is 0 Å². The molecule has 1 heterocycles. The molecule has 0 radical (unpaired) electrons. The largest absolute Gasteiger partial charge is 0.449 e. The minimum absolute atomic E-state index is 0.00227. The van der Waals surface area contributed by atoms with Gasteiger partial charge in [0, 0.05) is 20.3 Å². The van der Waals surface area contributed by atoms with E-state index >= 15 is 0 Å². The molecule has 2 rings (SSSR count). The Morgan fingerprint density at radius 2 is 2.27 bits per heavy atom. The standard InChI is InChI=1S/C15H19F3N2O2/c1-3-10-8-12(19)11-7-9(15(16,17)18)5-6-13(11)20(10)14(21)22-4-2/h5-7,10,12H,3-4,8,19H2,1-2H3/t10-,12-/m0/s1/i1D3,2D3. The van der Waals surface area contributed by atoms with Crippen LogP contribution in [0.2, 0.25) is 0 Å². The minimum Gasteiger partial charge on any atom is -0.449 e. The van der Waals surface area contributed by atoms with Crippen LogP contribution in [0.4, 0.5) is 23.7 Å². The fourth-order valence-corrected chi connectivity index (χ4v) is 2.52. The second-order valence-electron chi connectivity index (χ2n) is 4.90. The van der Waals surface area contributed by atoms with E-state index in [1.54, 1.807) is 0 Å². The zero-order valence-electron chi connectivity index (χ0n) is 17.5. The van der Waals surface area contributed by atoms with Crippen LogP contribution in [0.5, 0.6) is 0 Å². The lowest BCUT2D eigenvalue weighted by molar-refractivity contribution is -0.137. The Morgan fingerprint density at radius 3 is 2.91 bits per heavy atom. The first kappa shape index (κ1) is 10.1. The Kier molecular flexibility index (Phi) is 2.83. The van der Waals surface area contributed by atoms with E-state index in [9.17, 15) is 18.0 Å². The summed E-state index contributed by atoms with van der Waals surface area (Å²) in [7, 11) is 0. The number of nitrogens with two attached hydrogens (primary N) is 1. The number of rotatable bonds is 2. The van der Waals surface area contributed by atoms with Crippen LogP contribution in [-0.4, -0.2) is 18.7 Å². The third-order valence-corrected chi connectivity index (χ3v) is 3.53. The van der Waals surface area contributed by atoms with Gasteiger partial charge in [-0.15, -0.1) is 0 Å². The summed E-state index contributed by atoms with van der Waals surface area (Å²) in [5.41, 5.74) is 4.96. The van der Waals surface area contributed by atoms with Gasteiger partial charge in [0.05, 0.1) is 17.9 Å². The summed E-state index contributed by atoms with van der Waals surface area (Å²) in [5.74, 6) is 0. The molecule has 1 aliphatic rings. The molecule has 0 aliphatic carbocycles. The smallest absolute Gasteiger partial charge is 0.416 e. The van der Waals surface area contributed by atoms with Gasteiger partial charge < -0.3 is 10.5 Å². The van der Waals surface area contributed by atoms with Crippen molar-refractivity contribution >= 4 is 11.8 Å². The number of hydrogen-bond donors (Lipinski definition) is 1. The molecule has 0 spiro atoms. The van der Waals surface area contributed by atoms with Crippen molar-refractivity contribution in [1.82, 2.24) is 0 Å². The predicted molar refractivity (Wildman–Crippen MR) is 76.6 cm³/mol. The summed E-state index contributed by atoms with van der Waals surface area (Å²) >= 11 is 0. The molecule has 0 saturated carbocycles. The Labute approximate surface area is 135 Å². The first-order valence-corrected chi connectivity index (χ1v) is 6.51. The number of nitrogens with zero attached hydrogens (tertiary/aromatic N) is 1. The monoisotopic (exact) mass is 322 g/mol. The van der Waals surface area contributed by atoms with Crippen molar-refractivity contribution in [3.63, 3.8) is 0 Å². The number of alkyl halides is 3. The molecular formula is C15H19F3N2O2. The molecule has 7 heteroatoms. The average Bonchev–Trinajstić information content (AvgIpc) is 2.49. The number of carbonyl (C=O) groups excluding carboxylic acids is 1. The van der Waals surface area contributed by atoms with Crippen LogP contribution in [0.15, 0.2) is 18.2 Å². The fraction of sp³-hybridized carbons (Fsp3) is 0.533. The molecule has 0 fully saturated rings. The van der Waals surface area contributed by atoms with Crippen molar-refractivity contribution in [3.8, 4) is 0 Å². The number of hydrogen-bond acceptors (Lipinski definition) is 3. The van der Waals surface area contributed by atoms with E-state index in [0.29, 0.717) is 0 Å². The summed E-state index contributed by atoms with van der Waals surface area (Å²) < 4.78 is 87.4. The van der Waals surface area contributed by atoms with Gasteiger partial charge in [-0.2, -0.15) is 13.2 Å². The third kappa shape index (κ3) is 3.04. The highest BCUT2D eigenvalue weighted by Crippen LogP contribution is 2.40. The summed E-state index contributed by atoms with van der Waals surface area (Å²) in [4.78, 5) is 13.4. The van der Waals surface area contributed by atoms with Crippen LogP contribution in [0, 0.1) is 0 Å². The molecule has 0 aromatic heterocycles. The number of fused-ring (bicyclic) bond motifs is 1. The molecule has 1 amide bonds. The topological polar surface area (TPSA) is 55.6 Å². The number of anilines is 1. The zero-order valence-corrected chi connectivity index (χ0v) is 11.5. The van der Waals surface area contributed by atoms with E-state index in [-0.39, 0.29) is 17.7 Å². The van der Waals surface area contributed by atoms with Crippen LogP contribution >= 0.6 is 0 Å². The molecule has 4 nitrogen and oxygen atoms in total. The number of amides is 1. The lowest BCUT2D eigenvalue weighted by atomic mass is 9.89. The van der Waals surface area contributed by atoms with Crippen molar-refractivity contribution in [1.29, 1.82) is 0 Å². The summed E-state index contributed by atoms with van der Waals surface area (Å²) in [6.45, 7) is -5.95. The molecule has 1 aromatic rings. The highest BCUT2D eigenvalue weighted by molar-refractivity contribution is 5.90. The van der Waals surface area contributed by atoms with Gasteiger partial charge in [0.25, 0.3) is 0 Å². The van der Waals surface area contributed by atoms with Crippen LogP contribution < -0.4 is 10.6 Å². The SMILES string of the molecule is [2H]C([2H])([2H])COC(=O)N1c2ccc(C(F)(F)F)cc2[C@@H](N)C[C@@H]1CC([2H])([2H])[2H].